The summed E-state index contributed by atoms with van der Waals surface area (Å²) in [6, 6.07) is 0. The predicted molar refractivity (Wildman–Crippen MR) is 49.4 cm³/mol. The third-order valence-corrected chi connectivity index (χ3v) is 2.63. The van der Waals surface area contributed by atoms with Gasteiger partial charge in [0.15, 0.2) is 0 Å². The first-order valence-corrected chi connectivity index (χ1v) is 4.93. The Balaban J connectivity index is 1.84. The Bertz CT molecular complexity index is 222. The quantitative estimate of drug-likeness (QED) is 0.574. The van der Waals surface area contributed by atoms with Gasteiger partial charge in [0.05, 0.1) is 0 Å². The van der Waals surface area contributed by atoms with Gasteiger partial charge >= 0.3 is 6.09 Å². The maximum Gasteiger partial charge on any atom is 0.410 e. The molecule has 2 fully saturated rings. The summed E-state index contributed by atoms with van der Waals surface area (Å²) in [5.41, 5.74) is -0.357. The Morgan fingerprint density at radius 3 is 2.31 bits per heavy atom. The standard InChI is InChI=1S/C10H17NO2/c1-10(2,3)13-9(12)11-5-7-4-8(7)6-11/h7-8H,4-6H2,1-3H3/t7-,8-/m0/s1. The zero-order chi connectivity index (χ0) is 9.64. The monoisotopic (exact) mass is 183 g/mol. The lowest BCUT2D eigenvalue weighted by Crippen LogP contribution is -2.36. The Labute approximate surface area is 79.0 Å². The SMILES string of the molecule is CC(C)(C)OC(=O)N1C[C@@H]2C[C@H]2C1. The molecule has 2 atom stereocenters. The first-order valence-electron chi connectivity index (χ1n) is 4.93. The van der Waals surface area contributed by atoms with Crippen molar-refractivity contribution in [2.24, 2.45) is 11.8 Å². The number of amides is 1. The van der Waals surface area contributed by atoms with Gasteiger partial charge in [0.25, 0.3) is 0 Å². The fourth-order valence-corrected chi connectivity index (χ4v) is 1.87. The van der Waals surface area contributed by atoms with E-state index in [1.54, 1.807) is 0 Å². The summed E-state index contributed by atoms with van der Waals surface area (Å²) >= 11 is 0. The van der Waals surface area contributed by atoms with Crippen LogP contribution in [0, 0.1) is 11.8 Å². The molecule has 2 rings (SSSR count). The van der Waals surface area contributed by atoms with E-state index in [1.165, 1.54) is 6.42 Å². The number of rotatable bonds is 0. The van der Waals surface area contributed by atoms with Crippen LogP contribution in [-0.4, -0.2) is 29.7 Å². The lowest BCUT2D eigenvalue weighted by molar-refractivity contribution is 0.0274. The number of piperidine rings is 1. The van der Waals surface area contributed by atoms with Crippen LogP contribution in [0.5, 0.6) is 0 Å². The summed E-state index contributed by atoms with van der Waals surface area (Å²) in [5, 5.41) is 0. The number of nitrogens with zero attached hydrogens (tertiary/aromatic N) is 1. The van der Waals surface area contributed by atoms with Crippen molar-refractivity contribution >= 4 is 6.09 Å². The van der Waals surface area contributed by atoms with E-state index in [4.69, 9.17) is 4.74 Å². The minimum atomic E-state index is -0.357. The molecule has 0 aromatic heterocycles. The molecule has 0 bridgehead atoms. The first kappa shape index (κ1) is 8.85. The molecule has 1 saturated carbocycles. The van der Waals surface area contributed by atoms with Gasteiger partial charge in [0.1, 0.15) is 5.60 Å². The fraction of sp³-hybridized carbons (Fsp3) is 0.900. The number of hydrogen-bond donors (Lipinski definition) is 0. The van der Waals surface area contributed by atoms with Crippen LogP contribution < -0.4 is 0 Å². The van der Waals surface area contributed by atoms with E-state index in [1.807, 2.05) is 25.7 Å². The van der Waals surface area contributed by atoms with Crippen LogP contribution >= 0.6 is 0 Å². The normalized spacial score (nSPS) is 31.5. The van der Waals surface area contributed by atoms with E-state index in [-0.39, 0.29) is 11.7 Å². The average Bonchev–Trinajstić information content (AvgIpc) is 2.55. The number of likely N-dealkylation sites (tertiary alicyclic amines) is 1. The van der Waals surface area contributed by atoms with Crippen LogP contribution in [0.2, 0.25) is 0 Å². The molecular weight excluding hydrogens is 166 g/mol. The molecular formula is C10H17NO2. The maximum absolute atomic E-state index is 11.5. The highest BCUT2D eigenvalue weighted by atomic mass is 16.6. The second-order valence-electron chi connectivity index (χ2n) is 5.14. The lowest BCUT2D eigenvalue weighted by Gasteiger charge is -2.25. The summed E-state index contributed by atoms with van der Waals surface area (Å²) in [7, 11) is 0. The van der Waals surface area contributed by atoms with Crippen molar-refractivity contribution in [1.29, 1.82) is 0 Å². The van der Waals surface area contributed by atoms with E-state index < -0.39 is 0 Å². The van der Waals surface area contributed by atoms with Crippen molar-refractivity contribution in [3.8, 4) is 0 Å². The molecule has 0 aromatic rings. The highest BCUT2D eigenvalue weighted by Crippen LogP contribution is 2.45. The molecule has 0 spiro atoms. The largest absolute Gasteiger partial charge is 0.444 e. The lowest BCUT2D eigenvalue weighted by atomic mass is 10.2. The number of carbonyl (C=O) groups is 1. The zero-order valence-electron chi connectivity index (χ0n) is 8.54. The third-order valence-electron chi connectivity index (χ3n) is 2.63. The molecule has 0 N–H and O–H groups in total. The first-order chi connectivity index (χ1) is 5.96. The van der Waals surface area contributed by atoms with Crippen molar-refractivity contribution < 1.29 is 9.53 Å². The van der Waals surface area contributed by atoms with Crippen LogP contribution in [0.1, 0.15) is 27.2 Å². The van der Waals surface area contributed by atoms with E-state index >= 15 is 0 Å². The molecule has 1 amide bonds. The molecule has 0 aromatic carbocycles. The number of ether oxygens (including phenoxy) is 1. The molecule has 0 unspecified atom stereocenters. The predicted octanol–water partition coefficient (Wildman–Crippen LogP) is 1.87. The summed E-state index contributed by atoms with van der Waals surface area (Å²) in [6.45, 7) is 7.55. The van der Waals surface area contributed by atoms with Gasteiger partial charge in [-0.15, -0.1) is 0 Å². The second kappa shape index (κ2) is 2.63. The summed E-state index contributed by atoms with van der Waals surface area (Å²) < 4.78 is 5.28. The van der Waals surface area contributed by atoms with Gasteiger partial charge in [0, 0.05) is 13.1 Å². The van der Waals surface area contributed by atoms with Crippen molar-refractivity contribution in [2.45, 2.75) is 32.8 Å². The fourth-order valence-electron chi connectivity index (χ4n) is 1.87. The highest BCUT2D eigenvalue weighted by molar-refractivity contribution is 5.68. The molecule has 3 nitrogen and oxygen atoms in total. The Morgan fingerprint density at radius 1 is 1.31 bits per heavy atom. The van der Waals surface area contributed by atoms with Crippen LogP contribution in [0.15, 0.2) is 0 Å². The van der Waals surface area contributed by atoms with Crippen molar-refractivity contribution in [3.05, 3.63) is 0 Å². The molecule has 74 valence electrons. The van der Waals surface area contributed by atoms with Gasteiger partial charge in [-0.05, 0) is 39.0 Å². The van der Waals surface area contributed by atoms with E-state index in [9.17, 15) is 4.79 Å². The van der Waals surface area contributed by atoms with Gasteiger partial charge in [0.2, 0.25) is 0 Å². The van der Waals surface area contributed by atoms with Gasteiger partial charge < -0.3 is 9.64 Å². The van der Waals surface area contributed by atoms with Crippen molar-refractivity contribution in [2.75, 3.05) is 13.1 Å². The number of fused-ring (bicyclic) bond motifs is 1. The van der Waals surface area contributed by atoms with E-state index in [0.29, 0.717) is 0 Å². The molecule has 0 radical (unpaired) electrons. The Hall–Kier alpha value is -0.730. The third kappa shape index (κ3) is 1.95. The van der Waals surface area contributed by atoms with Crippen LogP contribution in [0.3, 0.4) is 0 Å². The smallest absolute Gasteiger partial charge is 0.410 e. The van der Waals surface area contributed by atoms with Crippen LogP contribution in [0.4, 0.5) is 4.79 Å². The molecule has 13 heavy (non-hydrogen) atoms. The molecule has 3 heteroatoms. The van der Waals surface area contributed by atoms with Gasteiger partial charge in [-0.3, -0.25) is 0 Å². The van der Waals surface area contributed by atoms with Gasteiger partial charge in [-0.1, -0.05) is 0 Å². The molecule has 2 aliphatic rings. The van der Waals surface area contributed by atoms with E-state index in [0.717, 1.165) is 24.9 Å². The Morgan fingerprint density at radius 2 is 1.85 bits per heavy atom. The average molecular weight is 183 g/mol. The molecule has 1 aliphatic heterocycles. The molecule has 1 aliphatic carbocycles. The van der Waals surface area contributed by atoms with Crippen molar-refractivity contribution in [1.82, 2.24) is 4.90 Å². The van der Waals surface area contributed by atoms with E-state index in [2.05, 4.69) is 0 Å². The summed E-state index contributed by atoms with van der Waals surface area (Å²) in [5.74, 6) is 1.57. The highest BCUT2D eigenvalue weighted by Gasteiger charge is 2.47. The second-order valence-corrected chi connectivity index (χ2v) is 5.14. The summed E-state index contributed by atoms with van der Waals surface area (Å²) in [6.07, 6.45) is 1.18. The molecule has 1 saturated heterocycles. The number of carbonyl (C=O) groups excluding carboxylic acids is 1. The minimum absolute atomic E-state index is 0.139. The van der Waals surface area contributed by atoms with Crippen LogP contribution in [-0.2, 0) is 4.74 Å². The molecule has 1 heterocycles. The number of hydrogen-bond acceptors (Lipinski definition) is 2. The Kier molecular flexibility index (Phi) is 1.79. The minimum Gasteiger partial charge on any atom is -0.444 e. The maximum atomic E-state index is 11.5. The zero-order valence-corrected chi connectivity index (χ0v) is 8.54. The van der Waals surface area contributed by atoms with Gasteiger partial charge in [-0.25, -0.2) is 4.79 Å². The van der Waals surface area contributed by atoms with Crippen molar-refractivity contribution in [3.63, 3.8) is 0 Å². The van der Waals surface area contributed by atoms with Crippen LogP contribution in [0.25, 0.3) is 0 Å². The van der Waals surface area contributed by atoms with Gasteiger partial charge in [-0.2, -0.15) is 0 Å². The topological polar surface area (TPSA) is 29.5 Å². The summed E-state index contributed by atoms with van der Waals surface area (Å²) in [4.78, 5) is 13.4.